The van der Waals surface area contributed by atoms with Gasteiger partial charge in [0.25, 0.3) is 0 Å². The monoisotopic (exact) mass is 407 g/mol. The van der Waals surface area contributed by atoms with E-state index in [9.17, 15) is 0 Å². The Bertz CT molecular complexity index is 985. The zero-order chi connectivity index (χ0) is 21.1. The number of aromatic nitrogens is 4. The smallest absolute Gasteiger partial charge is 0.212 e. The lowest BCUT2D eigenvalue weighted by molar-refractivity contribution is 0.397. The maximum Gasteiger partial charge on any atom is 0.212 e. The highest BCUT2D eigenvalue weighted by Gasteiger charge is 2.24. The Morgan fingerprint density at radius 2 is 2.07 bits per heavy atom. The second-order valence-corrected chi connectivity index (χ2v) is 7.89. The van der Waals surface area contributed by atoms with E-state index >= 15 is 0 Å². The molecule has 1 aliphatic rings. The molecule has 0 fully saturated rings. The quantitative estimate of drug-likeness (QED) is 0.555. The second-order valence-electron chi connectivity index (χ2n) is 7.89. The lowest BCUT2D eigenvalue weighted by atomic mass is 10.0. The van der Waals surface area contributed by atoms with E-state index in [2.05, 4.69) is 57.0 Å². The van der Waals surface area contributed by atoms with Crippen LogP contribution in [0.4, 0.5) is 11.5 Å². The second kappa shape index (κ2) is 8.71. The van der Waals surface area contributed by atoms with Crippen molar-refractivity contribution in [1.29, 1.82) is 0 Å². The Morgan fingerprint density at radius 1 is 1.20 bits per heavy atom. The first-order chi connectivity index (χ1) is 14.5. The van der Waals surface area contributed by atoms with Gasteiger partial charge in [0.1, 0.15) is 5.82 Å². The molecule has 0 aliphatic carbocycles. The molecule has 4 rings (SSSR count). The van der Waals surface area contributed by atoms with Gasteiger partial charge in [0, 0.05) is 62.0 Å². The van der Waals surface area contributed by atoms with Gasteiger partial charge >= 0.3 is 0 Å². The number of nitrogens with one attached hydrogen (secondary N) is 3. The zero-order valence-electron chi connectivity index (χ0n) is 17.9. The molecule has 0 saturated carbocycles. The van der Waals surface area contributed by atoms with Crippen LogP contribution in [0.15, 0.2) is 43.0 Å². The molecular formula is C22H29N7O. The van der Waals surface area contributed by atoms with Gasteiger partial charge in [-0.25, -0.2) is 9.97 Å². The number of methoxy groups -OCH3 is 1. The molecular weight excluding hydrogens is 378 g/mol. The summed E-state index contributed by atoms with van der Waals surface area (Å²) < 4.78 is 6.94. The number of pyridine rings is 2. The van der Waals surface area contributed by atoms with Crippen molar-refractivity contribution in [1.82, 2.24) is 25.1 Å². The summed E-state index contributed by atoms with van der Waals surface area (Å²) in [7, 11) is 3.55. The standard InChI is InChI=1S/C22H29N7O/c1-14(16-5-6-21(30-4)25-9-16)8-23-15(2)20-12-24-19-7-17(10-26-22(19)28-20)18-11-27-29(3)13-18/h5-7,9-11,13-15,20,23-24H,8,12H2,1-4H3,(H,26,28)/t14-,15-,20-/m1/s1. The summed E-state index contributed by atoms with van der Waals surface area (Å²) in [5, 5.41) is 15.0. The van der Waals surface area contributed by atoms with Crippen molar-refractivity contribution in [2.24, 2.45) is 7.05 Å². The van der Waals surface area contributed by atoms with Gasteiger partial charge in [-0.3, -0.25) is 4.68 Å². The highest BCUT2D eigenvalue weighted by Crippen LogP contribution is 2.29. The van der Waals surface area contributed by atoms with Gasteiger partial charge in [0.2, 0.25) is 5.88 Å². The molecule has 8 nitrogen and oxygen atoms in total. The van der Waals surface area contributed by atoms with Gasteiger partial charge in [-0.1, -0.05) is 13.0 Å². The van der Waals surface area contributed by atoms with Crippen molar-refractivity contribution in [2.45, 2.75) is 31.8 Å². The van der Waals surface area contributed by atoms with E-state index < -0.39 is 0 Å². The third-order valence-electron chi connectivity index (χ3n) is 5.65. The average Bonchev–Trinajstić information content (AvgIpc) is 3.22. The van der Waals surface area contributed by atoms with Crippen LogP contribution in [-0.2, 0) is 7.05 Å². The van der Waals surface area contributed by atoms with Crippen LogP contribution in [-0.4, -0.2) is 52.0 Å². The van der Waals surface area contributed by atoms with Gasteiger partial charge in [-0.05, 0) is 24.5 Å². The summed E-state index contributed by atoms with van der Waals surface area (Å²) >= 11 is 0. The summed E-state index contributed by atoms with van der Waals surface area (Å²) in [6.45, 7) is 6.10. The Balaban J connectivity index is 1.34. The Labute approximate surface area is 177 Å². The fraction of sp³-hybridized carbons (Fsp3) is 0.409. The van der Waals surface area contributed by atoms with Crippen molar-refractivity contribution in [3.63, 3.8) is 0 Å². The molecule has 3 N–H and O–H groups in total. The van der Waals surface area contributed by atoms with Crippen LogP contribution in [0, 0.1) is 0 Å². The average molecular weight is 408 g/mol. The van der Waals surface area contributed by atoms with E-state index in [1.807, 2.05) is 37.9 Å². The summed E-state index contributed by atoms with van der Waals surface area (Å²) in [6.07, 6.45) is 7.63. The number of nitrogens with zero attached hydrogens (tertiary/aromatic N) is 4. The number of ether oxygens (including phenoxy) is 1. The SMILES string of the molecule is COc1ccc([C@H](C)CN[C@H](C)[C@H]2CNc3cc(-c4cnn(C)c4)cnc3N2)cn1. The highest BCUT2D eigenvalue weighted by atomic mass is 16.5. The fourth-order valence-electron chi connectivity index (χ4n) is 3.62. The van der Waals surface area contributed by atoms with Crippen LogP contribution in [0.5, 0.6) is 5.88 Å². The third-order valence-corrected chi connectivity index (χ3v) is 5.65. The molecule has 3 aromatic heterocycles. The number of anilines is 2. The molecule has 0 radical (unpaired) electrons. The first-order valence-electron chi connectivity index (χ1n) is 10.3. The maximum absolute atomic E-state index is 5.14. The first-order valence-corrected chi connectivity index (χ1v) is 10.3. The van der Waals surface area contributed by atoms with E-state index in [-0.39, 0.29) is 12.1 Å². The molecule has 158 valence electrons. The van der Waals surface area contributed by atoms with Gasteiger partial charge in [-0.2, -0.15) is 5.10 Å². The number of aryl methyl sites for hydroxylation is 1. The van der Waals surface area contributed by atoms with Crippen LogP contribution < -0.4 is 20.7 Å². The van der Waals surface area contributed by atoms with E-state index in [0.29, 0.717) is 11.8 Å². The van der Waals surface area contributed by atoms with Gasteiger partial charge < -0.3 is 20.7 Å². The van der Waals surface area contributed by atoms with Crippen LogP contribution in [0.1, 0.15) is 25.3 Å². The van der Waals surface area contributed by atoms with Crippen molar-refractivity contribution in [3.8, 4) is 17.0 Å². The minimum atomic E-state index is 0.246. The Kier molecular flexibility index (Phi) is 5.85. The van der Waals surface area contributed by atoms with Crippen molar-refractivity contribution in [2.75, 3.05) is 30.8 Å². The van der Waals surface area contributed by atoms with Crippen molar-refractivity contribution in [3.05, 3.63) is 48.5 Å². The van der Waals surface area contributed by atoms with Gasteiger partial charge in [0.15, 0.2) is 0 Å². The van der Waals surface area contributed by atoms with Crippen molar-refractivity contribution < 1.29 is 4.74 Å². The third kappa shape index (κ3) is 4.38. The predicted molar refractivity (Wildman–Crippen MR) is 119 cm³/mol. The van der Waals surface area contributed by atoms with Crippen LogP contribution in [0.3, 0.4) is 0 Å². The molecule has 1 aliphatic heterocycles. The number of rotatable bonds is 7. The van der Waals surface area contributed by atoms with Gasteiger partial charge in [0.05, 0.1) is 25.0 Å². The summed E-state index contributed by atoms with van der Waals surface area (Å²) in [5.74, 6) is 1.89. The molecule has 0 unspecified atom stereocenters. The lowest BCUT2D eigenvalue weighted by Crippen LogP contribution is -2.49. The van der Waals surface area contributed by atoms with Crippen molar-refractivity contribution >= 4 is 11.5 Å². The summed E-state index contributed by atoms with van der Waals surface area (Å²) in [6, 6.07) is 6.63. The van der Waals surface area contributed by atoms with Crippen LogP contribution in [0.25, 0.3) is 11.1 Å². The fourth-order valence-corrected chi connectivity index (χ4v) is 3.62. The van der Waals surface area contributed by atoms with Crippen LogP contribution >= 0.6 is 0 Å². The topological polar surface area (TPSA) is 88.9 Å². The van der Waals surface area contributed by atoms with E-state index in [1.54, 1.807) is 11.8 Å². The normalized spacial score (nSPS) is 17.4. The van der Waals surface area contributed by atoms with E-state index in [4.69, 9.17) is 4.74 Å². The molecule has 0 amide bonds. The van der Waals surface area contributed by atoms with Gasteiger partial charge in [-0.15, -0.1) is 0 Å². The predicted octanol–water partition coefficient (Wildman–Crippen LogP) is 2.87. The summed E-state index contributed by atoms with van der Waals surface area (Å²) in [4.78, 5) is 8.94. The lowest BCUT2D eigenvalue weighted by Gasteiger charge is -2.33. The molecule has 0 bridgehead atoms. The molecule has 3 atom stereocenters. The first kappa shape index (κ1) is 20.2. The maximum atomic E-state index is 5.14. The molecule has 4 heterocycles. The highest BCUT2D eigenvalue weighted by molar-refractivity contribution is 5.75. The number of hydrogen-bond acceptors (Lipinski definition) is 7. The number of hydrogen-bond donors (Lipinski definition) is 3. The molecule has 0 saturated heterocycles. The molecule has 8 heteroatoms. The zero-order valence-corrected chi connectivity index (χ0v) is 17.9. The molecule has 0 spiro atoms. The molecule has 0 aromatic carbocycles. The molecule has 3 aromatic rings. The largest absolute Gasteiger partial charge is 0.481 e. The Hall–Kier alpha value is -3.13. The Morgan fingerprint density at radius 3 is 2.77 bits per heavy atom. The van der Waals surface area contributed by atoms with Crippen LogP contribution in [0.2, 0.25) is 0 Å². The number of fused-ring (bicyclic) bond motifs is 1. The summed E-state index contributed by atoms with van der Waals surface area (Å²) in [5.41, 5.74) is 4.34. The van der Waals surface area contributed by atoms with E-state index in [0.717, 1.165) is 35.7 Å². The minimum absolute atomic E-state index is 0.246. The molecule has 30 heavy (non-hydrogen) atoms. The minimum Gasteiger partial charge on any atom is -0.481 e. The van der Waals surface area contributed by atoms with E-state index in [1.165, 1.54) is 5.56 Å².